The van der Waals surface area contributed by atoms with E-state index >= 15 is 0 Å². The van der Waals surface area contributed by atoms with Crippen LogP contribution >= 0.6 is 0 Å². The number of nitrogens with zero attached hydrogens (tertiary/aromatic N) is 3. The Kier molecular flexibility index (Phi) is 2.53. The van der Waals surface area contributed by atoms with Crippen LogP contribution in [0.25, 0.3) is 27.8 Å². The van der Waals surface area contributed by atoms with Gasteiger partial charge in [-0.25, -0.2) is 4.98 Å². The Balaban J connectivity index is 2.17. The molecule has 1 aromatic carbocycles. The monoisotopic (exact) mass is 291 g/mol. The largest absolute Gasteiger partial charge is 0.399 e. The van der Waals surface area contributed by atoms with Gasteiger partial charge >= 0.3 is 0 Å². The van der Waals surface area contributed by atoms with Crippen LogP contribution in [0.1, 0.15) is 5.69 Å². The summed E-state index contributed by atoms with van der Waals surface area (Å²) in [5, 5.41) is 5.63. The predicted molar refractivity (Wildman–Crippen MR) is 86.1 cm³/mol. The molecule has 0 atom stereocenters. The SMILES string of the molecule is Cc1nn(-c2ccccn2)c2[nH]c3cc(N)ccc3c(=O)c12. The van der Waals surface area contributed by atoms with Gasteiger partial charge in [0.05, 0.1) is 16.6 Å². The van der Waals surface area contributed by atoms with Crippen molar-refractivity contribution in [1.82, 2.24) is 19.7 Å². The van der Waals surface area contributed by atoms with Crippen molar-refractivity contribution in [3.8, 4) is 5.82 Å². The van der Waals surface area contributed by atoms with Crippen LogP contribution in [0.4, 0.5) is 5.69 Å². The molecular formula is C16H13N5O. The van der Waals surface area contributed by atoms with Gasteiger partial charge in [-0.1, -0.05) is 6.07 Å². The topological polar surface area (TPSA) is 89.6 Å². The number of nitrogens with two attached hydrogens (primary N) is 1. The molecule has 3 aromatic heterocycles. The van der Waals surface area contributed by atoms with E-state index in [1.165, 1.54) is 0 Å². The third-order valence-corrected chi connectivity index (χ3v) is 3.70. The third-order valence-electron chi connectivity index (χ3n) is 3.70. The smallest absolute Gasteiger partial charge is 0.200 e. The van der Waals surface area contributed by atoms with E-state index in [-0.39, 0.29) is 5.43 Å². The van der Waals surface area contributed by atoms with Crippen molar-refractivity contribution in [3.05, 3.63) is 58.5 Å². The van der Waals surface area contributed by atoms with E-state index in [1.807, 2.05) is 25.1 Å². The second kappa shape index (κ2) is 4.42. The number of nitrogen functional groups attached to an aromatic ring is 1. The highest BCUT2D eigenvalue weighted by Gasteiger charge is 2.15. The van der Waals surface area contributed by atoms with Crippen molar-refractivity contribution in [1.29, 1.82) is 0 Å². The molecule has 4 aromatic rings. The lowest BCUT2D eigenvalue weighted by atomic mass is 10.1. The molecule has 22 heavy (non-hydrogen) atoms. The Morgan fingerprint density at radius 3 is 2.86 bits per heavy atom. The van der Waals surface area contributed by atoms with Crippen molar-refractivity contribution < 1.29 is 0 Å². The molecule has 4 rings (SSSR count). The number of fused-ring (bicyclic) bond motifs is 2. The maximum Gasteiger partial charge on any atom is 0.200 e. The molecule has 0 aliphatic rings. The molecule has 0 unspecified atom stereocenters. The number of hydrogen-bond donors (Lipinski definition) is 2. The highest BCUT2D eigenvalue weighted by Crippen LogP contribution is 2.21. The summed E-state index contributed by atoms with van der Waals surface area (Å²) in [6.45, 7) is 1.82. The molecule has 0 aliphatic carbocycles. The first-order valence-electron chi connectivity index (χ1n) is 6.87. The van der Waals surface area contributed by atoms with Crippen LogP contribution in [0.5, 0.6) is 0 Å². The molecule has 0 radical (unpaired) electrons. The fourth-order valence-electron chi connectivity index (χ4n) is 2.68. The quantitative estimate of drug-likeness (QED) is 0.526. The van der Waals surface area contributed by atoms with Crippen LogP contribution in [-0.4, -0.2) is 19.7 Å². The molecule has 108 valence electrons. The zero-order valence-corrected chi connectivity index (χ0v) is 11.9. The minimum atomic E-state index is -0.0524. The van der Waals surface area contributed by atoms with E-state index in [4.69, 9.17) is 5.73 Å². The lowest BCUT2D eigenvalue weighted by molar-refractivity contribution is 0.849. The van der Waals surface area contributed by atoms with Gasteiger partial charge in [0.25, 0.3) is 0 Å². The summed E-state index contributed by atoms with van der Waals surface area (Å²) in [6, 6.07) is 10.8. The molecular weight excluding hydrogens is 278 g/mol. The highest BCUT2D eigenvalue weighted by molar-refractivity contribution is 5.93. The van der Waals surface area contributed by atoms with E-state index in [9.17, 15) is 4.79 Å². The average Bonchev–Trinajstić information content (AvgIpc) is 2.85. The summed E-state index contributed by atoms with van der Waals surface area (Å²) in [5.74, 6) is 0.652. The van der Waals surface area contributed by atoms with Gasteiger partial charge in [0.1, 0.15) is 5.65 Å². The summed E-state index contributed by atoms with van der Waals surface area (Å²) >= 11 is 0. The van der Waals surface area contributed by atoms with Gasteiger partial charge in [0, 0.05) is 17.3 Å². The van der Waals surface area contributed by atoms with Crippen LogP contribution in [0.2, 0.25) is 0 Å². The van der Waals surface area contributed by atoms with Crippen molar-refractivity contribution in [2.45, 2.75) is 6.92 Å². The number of rotatable bonds is 1. The maximum absolute atomic E-state index is 12.7. The maximum atomic E-state index is 12.7. The number of pyridine rings is 2. The summed E-state index contributed by atoms with van der Waals surface area (Å²) in [5.41, 5.74) is 8.34. The third kappa shape index (κ3) is 1.70. The Morgan fingerprint density at radius 1 is 1.23 bits per heavy atom. The average molecular weight is 291 g/mol. The van der Waals surface area contributed by atoms with Gasteiger partial charge in [0.15, 0.2) is 5.82 Å². The number of nitrogens with one attached hydrogen (secondary N) is 1. The number of benzene rings is 1. The van der Waals surface area contributed by atoms with Crippen molar-refractivity contribution in [2.24, 2.45) is 0 Å². The fourth-order valence-corrected chi connectivity index (χ4v) is 2.68. The lowest BCUT2D eigenvalue weighted by Gasteiger charge is -2.04. The molecule has 0 aliphatic heterocycles. The molecule has 0 saturated heterocycles. The van der Waals surface area contributed by atoms with E-state index in [2.05, 4.69) is 15.1 Å². The molecule has 0 saturated carbocycles. The molecule has 0 fully saturated rings. The van der Waals surface area contributed by atoms with Crippen molar-refractivity contribution >= 4 is 27.6 Å². The standard InChI is InChI=1S/C16H13N5O/c1-9-14-15(22)11-6-5-10(17)8-12(11)19-16(14)21(20-9)13-4-2-3-7-18-13/h2-8H,17H2,1H3,(H,19,22). The fraction of sp³-hybridized carbons (Fsp3) is 0.0625. The molecule has 6 heteroatoms. The van der Waals surface area contributed by atoms with Gasteiger partial charge in [-0.05, 0) is 37.3 Å². The van der Waals surface area contributed by atoms with E-state index in [1.54, 1.807) is 29.1 Å². The first kappa shape index (κ1) is 12.6. The van der Waals surface area contributed by atoms with Gasteiger partial charge in [0.2, 0.25) is 5.43 Å². The van der Waals surface area contributed by atoms with E-state index in [0.29, 0.717) is 39.1 Å². The summed E-state index contributed by atoms with van der Waals surface area (Å²) in [4.78, 5) is 20.3. The number of H-pyrrole nitrogens is 1. The predicted octanol–water partition coefficient (Wildman–Crippen LogP) is 2.15. The first-order chi connectivity index (χ1) is 10.6. The number of aryl methyl sites for hydroxylation is 1. The van der Waals surface area contributed by atoms with Gasteiger partial charge < -0.3 is 10.7 Å². The number of aromatic nitrogens is 4. The number of aromatic amines is 1. The molecule has 6 nitrogen and oxygen atoms in total. The van der Waals surface area contributed by atoms with Crippen LogP contribution < -0.4 is 11.2 Å². The minimum Gasteiger partial charge on any atom is -0.399 e. The van der Waals surface area contributed by atoms with E-state index < -0.39 is 0 Å². The lowest BCUT2D eigenvalue weighted by Crippen LogP contribution is -2.06. The summed E-state index contributed by atoms with van der Waals surface area (Å²) in [6.07, 6.45) is 1.69. The Labute approximate surface area is 125 Å². The van der Waals surface area contributed by atoms with Crippen molar-refractivity contribution in [2.75, 3.05) is 5.73 Å². The second-order valence-electron chi connectivity index (χ2n) is 5.17. The van der Waals surface area contributed by atoms with Gasteiger partial charge in [-0.3, -0.25) is 4.79 Å². The zero-order valence-electron chi connectivity index (χ0n) is 11.9. The van der Waals surface area contributed by atoms with Crippen LogP contribution in [0, 0.1) is 6.92 Å². The van der Waals surface area contributed by atoms with Crippen LogP contribution in [0.3, 0.4) is 0 Å². The Bertz CT molecular complexity index is 1060. The molecule has 3 heterocycles. The van der Waals surface area contributed by atoms with E-state index in [0.717, 1.165) is 0 Å². The summed E-state index contributed by atoms with van der Waals surface area (Å²) < 4.78 is 1.65. The Hall–Kier alpha value is -3.15. The Morgan fingerprint density at radius 2 is 2.09 bits per heavy atom. The number of anilines is 1. The normalized spacial score (nSPS) is 11.3. The molecule has 3 N–H and O–H groups in total. The highest BCUT2D eigenvalue weighted by atomic mass is 16.1. The number of hydrogen-bond acceptors (Lipinski definition) is 4. The molecule has 0 bridgehead atoms. The van der Waals surface area contributed by atoms with Gasteiger partial charge in [-0.2, -0.15) is 9.78 Å². The molecule has 0 amide bonds. The summed E-state index contributed by atoms with van der Waals surface area (Å²) in [7, 11) is 0. The first-order valence-corrected chi connectivity index (χ1v) is 6.87. The van der Waals surface area contributed by atoms with Crippen LogP contribution in [-0.2, 0) is 0 Å². The minimum absolute atomic E-state index is 0.0524. The van der Waals surface area contributed by atoms with Crippen molar-refractivity contribution in [3.63, 3.8) is 0 Å². The molecule has 0 spiro atoms. The second-order valence-corrected chi connectivity index (χ2v) is 5.17. The van der Waals surface area contributed by atoms with Gasteiger partial charge in [-0.15, -0.1) is 0 Å². The zero-order chi connectivity index (χ0) is 15.3. The van der Waals surface area contributed by atoms with Crippen LogP contribution in [0.15, 0.2) is 47.4 Å².